The SMILES string of the molecule is CNC1CCCC1CCn1cc(-c2ccccc2)cn1. The summed E-state index contributed by atoms with van der Waals surface area (Å²) in [5.41, 5.74) is 2.45. The second-order valence-corrected chi connectivity index (χ2v) is 5.73. The smallest absolute Gasteiger partial charge is 0.0568 e. The van der Waals surface area contributed by atoms with Crippen molar-refractivity contribution in [2.24, 2.45) is 5.92 Å². The van der Waals surface area contributed by atoms with Gasteiger partial charge < -0.3 is 5.32 Å². The summed E-state index contributed by atoms with van der Waals surface area (Å²) in [5, 5.41) is 7.95. The molecule has 3 nitrogen and oxygen atoms in total. The zero-order chi connectivity index (χ0) is 13.8. The third-order valence-electron chi connectivity index (χ3n) is 4.50. The predicted octanol–water partition coefficient (Wildman–Crippen LogP) is 3.33. The maximum atomic E-state index is 4.50. The van der Waals surface area contributed by atoms with Gasteiger partial charge in [-0.1, -0.05) is 36.8 Å². The summed E-state index contributed by atoms with van der Waals surface area (Å²) in [6.07, 6.45) is 9.41. The quantitative estimate of drug-likeness (QED) is 0.902. The van der Waals surface area contributed by atoms with E-state index < -0.39 is 0 Å². The summed E-state index contributed by atoms with van der Waals surface area (Å²) in [6.45, 7) is 1.02. The highest BCUT2D eigenvalue weighted by molar-refractivity contribution is 5.61. The maximum Gasteiger partial charge on any atom is 0.0568 e. The average molecular weight is 269 g/mol. The zero-order valence-corrected chi connectivity index (χ0v) is 12.1. The van der Waals surface area contributed by atoms with E-state index >= 15 is 0 Å². The van der Waals surface area contributed by atoms with Gasteiger partial charge in [0, 0.05) is 24.3 Å². The molecule has 3 heteroatoms. The van der Waals surface area contributed by atoms with Gasteiger partial charge in [0.05, 0.1) is 6.20 Å². The van der Waals surface area contributed by atoms with E-state index in [0.29, 0.717) is 6.04 Å². The van der Waals surface area contributed by atoms with E-state index in [1.165, 1.54) is 36.8 Å². The van der Waals surface area contributed by atoms with Crippen LogP contribution in [-0.2, 0) is 6.54 Å². The van der Waals surface area contributed by atoms with E-state index in [9.17, 15) is 0 Å². The number of hydrogen-bond donors (Lipinski definition) is 1. The van der Waals surface area contributed by atoms with Gasteiger partial charge in [-0.3, -0.25) is 4.68 Å². The third-order valence-corrected chi connectivity index (χ3v) is 4.50. The Kier molecular flexibility index (Phi) is 4.16. The molecular formula is C17H23N3. The molecule has 1 saturated carbocycles. The minimum absolute atomic E-state index is 0.708. The van der Waals surface area contributed by atoms with Crippen molar-refractivity contribution < 1.29 is 0 Å². The molecule has 0 bridgehead atoms. The third kappa shape index (κ3) is 2.93. The van der Waals surface area contributed by atoms with Crippen molar-refractivity contribution in [3.63, 3.8) is 0 Å². The normalized spacial score (nSPS) is 22.2. The van der Waals surface area contributed by atoms with E-state index in [2.05, 4.69) is 52.6 Å². The predicted molar refractivity (Wildman–Crippen MR) is 82.5 cm³/mol. The number of aryl methyl sites for hydroxylation is 1. The summed E-state index contributed by atoms with van der Waals surface area (Å²) in [5.74, 6) is 0.810. The molecule has 1 heterocycles. The first-order valence-electron chi connectivity index (χ1n) is 7.62. The van der Waals surface area contributed by atoms with Gasteiger partial charge in [0.1, 0.15) is 0 Å². The Morgan fingerprint density at radius 2 is 2.05 bits per heavy atom. The molecule has 1 fully saturated rings. The lowest BCUT2D eigenvalue weighted by molar-refractivity contribution is 0.369. The van der Waals surface area contributed by atoms with Crippen LogP contribution in [0.3, 0.4) is 0 Å². The molecule has 106 valence electrons. The molecule has 2 unspecified atom stereocenters. The maximum absolute atomic E-state index is 4.50. The molecule has 0 radical (unpaired) electrons. The molecule has 0 aliphatic heterocycles. The summed E-state index contributed by atoms with van der Waals surface area (Å²) in [4.78, 5) is 0. The second-order valence-electron chi connectivity index (χ2n) is 5.73. The largest absolute Gasteiger partial charge is 0.317 e. The topological polar surface area (TPSA) is 29.9 Å². The molecule has 3 rings (SSSR count). The first-order chi connectivity index (χ1) is 9.86. The molecule has 1 aliphatic rings. The molecule has 0 saturated heterocycles. The van der Waals surface area contributed by atoms with E-state index in [1.54, 1.807) is 0 Å². The zero-order valence-electron chi connectivity index (χ0n) is 12.1. The van der Waals surface area contributed by atoms with E-state index in [4.69, 9.17) is 0 Å². The van der Waals surface area contributed by atoms with Gasteiger partial charge in [-0.05, 0) is 37.8 Å². The molecule has 1 aromatic heterocycles. The number of hydrogen-bond acceptors (Lipinski definition) is 2. The highest BCUT2D eigenvalue weighted by atomic mass is 15.3. The fourth-order valence-electron chi connectivity index (χ4n) is 3.33. The number of nitrogens with zero attached hydrogens (tertiary/aromatic N) is 2. The summed E-state index contributed by atoms with van der Waals surface area (Å²) >= 11 is 0. The van der Waals surface area contributed by atoms with Crippen LogP contribution in [0.1, 0.15) is 25.7 Å². The van der Waals surface area contributed by atoms with Gasteiger partial charge in [-0.15, -0.1) is 0 Å². The molecule has 20 heavy (non-hydrogen) atoms. The summed E-state index contributed by atoms with van der Waals surface area (Å²) < 4.78 is 2.09. The van der Waals surface area contributed by atoms with Crippen molar-refractivity contribution in [2.45, 2.75) is 38.3 Å². The molecule has 0 spiro atoms. The Morgan fingerprint density at radius 3 is 2.85 bits per heavy atom. The standard InChI is InChI=1S/C17H23N3/c1-18-17-9-5-8-15(17)10-11-20-13-16(12-19-20)14-6-3-2-4-7-14/h2-4,6-7,12-13,15,17-18H,5,8-11H2,1H3. The lowest BCUT2D eigenvalue weighted by Crippen LogP contribution is -2.29. The minimum atomic E-state index is 0.708. The Bertz CT molecular complexity index is 532. The first kappa shape index (κ1) is 13.4. The van der Waals surface area contributed by atoms with Crippen molar-refractivity contribution in [3.8, 4) is 11.1 Å². The van der Waals surface area contributed by atoms with Crippen molar-refractivity contribution in [1.82, 2.24) is 15.1 Å². The molecule has 0 amide bonds. The van der Waals surface area contributed by atoms with Crippen LogP contribution in [0.2, 0.25) is 0 Å². The van der Waals surface area contributed by atoms with Gasteiger partial charge in [0.15, 0.2) is 0 Å². The molecule has 1 N–H and O–H groups in total. The Hall–Kier alpha value is -1.61. The van der Waals surface area contributed by atoms with Crippen molar-refractivity contribution >= 4 is 0 Å². The van der Waals surface area contributed by atoms with Crippen LogP contribution in [0.5, 0.6) is 0 Å². The van der Waals surface area contributed by atoms with Gasteiger partial charge >= 0.3 is 0 Å². The second kappa shape index (κ2) is 6.23. The van der Waals surface area contributed by atoms with Gasteiger partial charge in [0.2, 0.25) is 0 Å². The van der Waals surface area contributed by atoms with Crippen LogP contribution in [0, 0.1) is 5.92 Å². The fraction of sp³-hybridized carbons (Fsp3) is 0.471. The monoisotopic (exact) mass is 269 g/mol. The van der Waals surface area contributed by atoms with Crippen molar-refractivity contribution in [1.29, 1.82) is 0 Å². The van der Waals surface area contributed by atoms with Gasteiger partial charge in [0.25, 0.3) is 0 Å². The Labute approximate surface area is 121 Å². The van der Waals surface area contributed by atoms with Crippen LogP contribution in [0.4, 0.5) is 0 Å². The van der Waals surface area contributed by atoms with E-state index in [0.717, 1.165) is 12.5 Å². The molecule has 1 aromatic carbocycles. The summed E-state index contributed by atoms with van der Waals surface area (Å²) in [6, 6.07) is 11.2. The Balaban J connectivity index is 1.60. The fourth-order valence-corrected chi connectivity index (χ4v) is 3.33. The highest BCUT2D eigenvalue weighted by Gasteiger charge is 2.25. The van der Waals surface area contributed by atoms with Crippen molar-refractivity contribution in [3.05, 3.63) is 42.7 Å². The highest BCUT2D eigenvalue weighted by Crippen LogP contribution is 2.28. The number of nitrogens with one attached hydrogen (secondary N) is 1. The molecular weight excluding hydrogens is 246 g/mol. The average Bonchev–Trinajstić information content (AvgIpc) is 3.15. The first-order valence-corrected chi connectivity index (χ1v) is 7.62. The number of rotatable bonds is 5. The molecule has 2 atom stereocenters. The number of aromatic nitrogens is 2. The number of benzene rings is 1. The minimum Gasteiger partial charge on any atom is -0.317 e. The lowest BCUT2D eigenvalue weighted by atomic mass is 10.00. The van der Waals surface area contributed by atoms with Crippen LogP contribution in [-0.4, -0.2) is 22.9 Å². The van der Waals surface area contributed by atoms with Crippen LogP contribution in [0.25, 0.3) is 11.1 Å². The lowest BCUT2D eigenvalue weighted by Gasteiger charge is -2.18. The Morgan fingerprint density at radius 1 is 1.20 bits per heavy atom. The summed E-state index contributed by atoms with van der Waals surface area (Å²) in [7, 11) is 2.09. The van der Waals surface area contributed by atoms with Crippen LogP contribution in [0.15, 0.2) is 42.7 Å². The van der Waals surface area contributed by atoms with Gasteiger partial charge in [-0.25, -0.2) is 0 Å². The van der Waals surface area contributed by atoms with Crippen LogP contribution >= 0.6 is 0 Å². The van der Waals surface area contributed by atoms with E-state index in [-0.39, 0.29) is 0 Å². The molecule has 2 aromatic rings. The van der Waals surface area contributed by atoms with Gasteiger partial charge in [-0.2, -0.15) is 5.10 Å². The van der Waals surface area contributed by atoms with Crippen molar-refractivity contribution in [2.75, 3.05) is 7.05 Å². The molecule has 1 aliphatic carbocycles. The van der Waals surface area contributed by atoms with Crippen LogP contribution < -0.4 is 5.32 Å². The van der Waals surface area contributed by atoms with E-state index in [1.807, 2.05) is 12.3 Å².